The van der Waals surface area contributed by atoms with Gasteiger partial charge in [0.2, 0.25) is 5.95 Å². The standard InChI is InChI=1S/C20H27FN6O3/c1-11(26(3)19(28)12(2)29-4)7-6-8-17-24-18-13-9-14(21)16(30-5)10-15(13)23-20(22)27(18)25-17/h9-12H,6-8H2,1-5H3,(H2,22,23)/t11-,12-/m0/s1. The topological polar surface area (TPSA) is 108 Å². The summed E-state index contributed by atoms with van der Waals surface area (Å²) in [6, 6.07) is 2.86. The second-order valence-corrected chi connectivity index (χ2v) is 7.31. The maximum absolute atomic E-state index is 14.2. The molecule has 1 aromatic carbocycles. The van der Waals surface area contributed by atoms with Crippen LogP contribution in [-0.4, -0.2) is 63.8 Å². The van der Waals surface area contributed by atoms with Gasteiger partial charge in [-0.15, -0.1) is 5.10 Å². The molecule has 3 rings (SSSR count). The highest BCUT2D eigenvalue weighted by Gasteiger charge is 2.21. The Hall–Kier alpha value is -3.01. The zero-order valence-electron chi connectivity index (χ0n) is 17.8. The van der Waals surface area contributed by atoms with E-state index in [1.165, 1.54) is 30.9 Å². The predicted octanol–water partition coefficient (Wildman–Crippen LogP) is 2.21. The maximum Gasteiger partial charge on any atom is 0.251 e. The number of benzene rings is 1. The first-order valence-corrected chi connectivity index (χ1v) is 9.74. The molecule has 10 heteroatoms. The Morgan fingerprint density at radius 1 is 1.30 bits per heavy atom. The number of methoxy groups -OCH3 is 2. The minimum atomic E-state index is -0.505. The molecule has 0 aliphatic carbocycles. The van der Waals surface area contributed by atoms with Gasteiger partial charge < -0.3 is 20.1 Å². The summed E-state index contributed by atoms with van der Waals surface area (Å²) >= 11 is 0. The highest BCUT2D eigenvalue weighted by molar-refractivity contribution is 5.93. The number of nitrogens with two attached hydrogens (primary N) is 1. The van der Waals surface area contributed by atoms with Crippen LogP contribution in [0.25, 0.3) is 16.6 Å². The number of aromatic nitrogens is 4. The third kappa shape index (κ3) is 4.13. The first-order chi connectivity index (χ1) is 14.3. The predicted molar refractivity (Wildman–Crippen MR) is 111 cm³/mol. The third-order valence-electron chi connectivity index (χ3n) is 5.35. The van der Waals surface area contributed by atoms with E-state index < -0.39 is 11.9 Å². The fraction of sp³-hybridized carbons (Fsp3) is 0.500. The highest BCUT2D eigenvalue weighted by Crippen LogP contribution is 2.27. The van der Waals surface area contributed by atoms with E-state index in [1.807, 2.05) is 6.92 Å². The van der Waals surface area contributed by atoms with E-state index in [0.29, 0.717) is 28.8 Å². The van der Waals surface area contributed by atoms with Crippen molar-refractivity contribution in [2.75, 3.05) is 27.0 Å². The lowest BCUT2D eigenvalue weighted by Crippen LogP contribution is -2.41. The number of aryl methyl sites for hydroxylation is 1. The Kier molecular flexibility index (Phi) is 6.35. The van der Waals surface area contributed by atoms with E-state index in [4.69, 9.17) is 15.2 Å². The number of carbonyl (C=O) groups is 1. The zero-order valence-corrected chi connectivity index (χ0v) is 17.8. The van der Waals surface area contributed by atoms with Crippen LogP contribution in [0.3, 0.4) is 0 Å². The fourth-order valence-electron chi connectivity index (χ4n) is 3.29. The molecule has 0 fully saturated rings. The van der Waals surface area contributed by atoms with Crippen molar-refractivity contribution >= 4 is 28.4 Å². The van der Waals surface area contributed by atoms with Gasteiger partial charge in [0.1, 0.15) is 6.10 Å². The molecule has 0 radical (unpaired) electrons. The number of nitrogen functional groups attached to an aromatic ring is 1. The van der Waals surface area contributed by atoms with Crippen molar-refractivity contribution in [1.82, 2.24) is 24.5 Å². The number of amides is 1. The molecule has 0 bridgehead atoms. The molecule has 9 nitrogen and oxygen atoms in total. The maximum atomic E-state index is 14.2. The number of likely N-dealkylation sites (N-methyl/N-ethyl adjacent to an activating group) is 1. The van der Waals surface area contributed by atoms with Crippen molar-refractivity contribution in [3.05, 3.63) is 23.8 Å². The summed E-state index contributed by atoms with van der Waals surface area (Å²) in [5.74, 6) is 0.276. The van der Waals surface area contributed by atoms with Crippen LogP contribution >= 0.6 is 0 Å². The average molecular weight is 418 g/mol. The molecule has 3 aromatic rings. The molecule has 1 amide bonds. The van der Waals surface area contributed by atoms with E-state index in [2.05, 4.69) is 15.1 Å². The van der Waals surface area contributed by atoms with E-state index in [1.54, 1.807) is 18.9 Å². The van der Waals surface area contributed by atoms with Gasteiger partial charge in [-0.2, -0.15) is 4.52 Å². The molecule has 0 aliphatic rings. The number of anilines is 1. The molecule has 0 aliphatic heterocycles. The van der Waals surface area contributed by atoms with Crippen LogP contribution in [-0.2, 0) is 16.0 Å². The van der Waals surface area contributed by atoms with Crippen LogP contribution in [0.4, 0.5) is 10.3 Å². The lowest BCUT2D eigenvalue weighted by Gasteiger charge is -2.27. The van der Waals surface area contributed by atoms with Gasteiger partial charge in [0.15, 0.2) is 23.0 Å². The SMILES string of the molecule is COc1cc2nc(N)n3nc(CCC[C@H](C)N(C)C(=O)[C@H](C)OC)nc3c2cc1F. The lowest BCUT2D eigenvalue weighted by atomic mass is 10.1. The van der Waals surface area contributed by atoms with Gasteiger partial charge in [0, 0.05) is 38.1 Å². The molecule has 2 atom stereocenters. The Labute approximate surface area is 174 Å². The minimum absolute atomic E-state index is 0.0428. The molecule has 0 saturated heterocycles. The Morgan fingerprint density at radius 3 is 2.70 bits per heavy atom. The summed E-state index contributed by atoms with van der Waals surface area (Å²) in [5.41, 5.74) is 6.95. The quantitative estimate of drug-likeness (QED) is 0.597. The summed E-state index contributed by atoms with van der Waals surface area (Å²) in [6.07, 6.45) is 1.66. The zero-order chi connectivity index (χ0) is 22.0. The molecule has 162 valence electrons. The van der Waals surface area contributed by atoms with E-state index >= 15 is 0 Å². The van der Waals surface area contributed by atoms with Crippen LogP contribution in [0.15, 0.2) is 12.1 Å². The largest absolute Gasteiger partial charge is 0.494 e. The van der Waals surface area contributed by atoms with Gasteiger partial charge in [0.25, 0.3) is 5.91 Å². The van der Waals surface area contributed by atoms with Crippen LogP contribution in [0.2, 0.25) is 0 Å². The van der Waals surface area contributed by atoms with Gasteiger partial charge in [0.05, 0.1) is 12.6 Å². The van der Waals surface area contributed by atoms with Gasteiger partial charge in [-0.3, -0.25) is 4.79 Å². The molecular formula is C20H27FN6O3. The van der Waals surface area contributed by atoms with Crippen LogP contribution in [0.5, 0.6) is 5.75 Å². The van der Waals surface area contributed by atoms with Crippen molar-refractivity contribution in [2.24, 2.45) is 0 Å². The summed E-state index contributed by atoms with van der Waals surface area (Å²) in [7, 11) is 4.68. The van der Waals surface area contributed by atoms with E-state index in [-0.39, 0.29) is 23.6 Å². The summed E-state index contributed by atoms with van der Waals surface area (Å²) < 4.78 is 25.7. The number of fused-ring (bicyclic) bond motifs is 3. The smallest absolute Gasteiger partial charge is 0.251 e. The van der Waals surface area contributed by atoms with Gasteiger partial charge in [-0.1, -0.05) is 0 Å². The normalized spacial score (nSPS) is 13.5. The van der Waals surface area contributed by atoms with Crippen molar-refractivity contribution in [3.8, 4) is 5.75 Å². The average Bonchev–Trinajstić information content (AvgIpc) is 3.17. The van der Waals surface area contributed by atoms with Crippen molar-refractivity contribution in [3.63, 3.8) is 0 Å². The second kappa shape index (κ2) is 8.78. The first-order valence-electron chi connectivity index (χ1n) is 9.74. The molecule has 0 saturated carbocycles. The number of rotatable bonds is 8. The number of halogens is 1. The molecule has 0 unspecified atom stereocenters. The van der Waals surface area contributed by atoms with Crippen LogP contribution in [0.1, 0.15) is 32.5 Å². The lowest BCUT2D eigenvalue weighted by molar-refractivity contribution is -0.141. The highest BCUT2D eigenvalue weighted by atomic mass is 19.1. The minimum Gasteiger partial charge on any atom is -0.494 e. The van der Waals surface area contributed by atoms with Gasteiger partial charge in [-0.25, -0.2) is 14.4 Å². The third-order valence-corrected chi connectivity index (χ3v) is 5.35. The van der Waals surface area contributed by atoms with E-state index in [0.717, 1.165) is 12.8 Å². The van der Waals surface area contributed by atoms with Gasteiger partial charge >= 0.3 is 0 Å². The van der Waals surface area contributed by atoms with Crippen molar-refractivity contribution in [1.29, 1.82) is 0 Å². The monoisotopic (exact) mass is 418 g/mol. The fourth-order valence-corrected chi connectivity index (χ4v) is 3.29. The second-order valence-electron chi connectivity index (χ2n) is 7.31. The van der Waals surface area contributed by atoms with Gasteiger partial charge in [-0.05, 0) is 32.8 Å². The number of hydrogen-bond donors (Lipinski definition) is 1. The molecular weight excluding hydrogens is 391 g/mol. The van der Waals surface area contributed by atoms with Crippen LogP contribution in [0, 0.1) is 5.82 Å². The number of nitrogens with zero attached hydrogens (tertiary/aromatic N) is 5. The van der Waals surface area contributed by atoms with Crippen molar-refractivity contribution in [2.45, 2.75) is 45.3 Å². The Morgan fingerprint density at radius 2 is 2.03 bits per heavy atom. The Bertz CT molecular complexity index is 1070. The molecule has 30 heavy (non-hydrogen) atoms. The van der Waals surface area contributed by atoms with Crippen LogP contribution < -0.4 is 10.5 Å². The Balaban J connectivity index is 1.76. The molecule has 2 heterocycles. The summed E-state index contributed by atoms with van der Waals surface area (Å²) in [6.45, 7) is 3.72. The molecule has 0 spiro atoms. The molecule has 2 N–H and O–H groups in total. The van der Waals surface area contributed by atoms with E-state index in [9.17, 15) is 9.18 Å². The molecule has 2 aromatic heterocycles. The van der Waals surface area contributed by atoms with Crippen molar-refractivity contribution < 1.29 is 18.7 Å². The first kappa shape index (κ1) is 21.7. The number of hydrogen-bond acceptors (Lipinski definition) is 7. The summed E-state index contributed by atoms with van der Waals surface area (Å²) in [5, 5.41) is 4.92. The summed E-state index contributed by atoms with van der Waals surface area (Å²) in [4.78, 5) is 22.7. The number of ether oxygens (including phenoxy) is 2. The number of carbonyl (C=O) groups excluding carboxylic acids is 1.